The molecule has 0 radical (unpaired) electrons. The van der Waals surface area contributed by atoms with E-state index in [9.17, 15) is 9.59 Å². The molecule has 2 amide bonds. The molecule has 1 aromatic carbocycles. The summed E-state index contributed by atoms with van der Waals surface area (Å²) in [5.74, 6) is 0.947. The Morgan fingerprint density at radius 2 is 1.96 bits per heavy atom. The van der Waals surface area contributed by atoms with Crippen LogP contribution in [0.3, 0.4) is 0 Å². The minimum atomic E-state index is 0.00666. The maximum atomic E-state index is 12.7. The molecule has 0 saturated carbocycles. The van der Waals surface area contributed by atoms with Crippen molar-refractivity contribution in [3.05, 3.63) is 41.7 Å². The third-order valence-electron chi connectivity index (χ3n) is 5.07. The van der Waals surface area contributed by atoms with Crippen molar-refractivity contribution in [3.8, 4) is 0 Å². The van der Waals surface area contributed by atoms with Gasteiger partial charge in [-0.3, -0.25) is 14.5 Å². The van der Waals surface area contributed by atoms with Gasteiger partial charge >= 0.3 is 0 Å². The number of rotatable bonds is 6. The second-order valence-corrected chi connectivity index (χ2v) is 7.03. The van der Waals surface area contributed by atoms with Crippen LogP contribution in [0.4, 0.5) is 0 Å². The molecule has 1 N–H and O–H groups in total. The molecule has 1 aliphatic heterocycles. The number of amides is 2. The van der Waals surface area contributed by atoms with Crippen molar-refractivity contribution < 1.29 is 14.0 Å². The summed E-state index contributed by atoms with van der Waals surface area (Å²) in [7, 11) is 0. The summed E-state index contributed by atoms with van der Waals surface area (Å²) in [6.45, 7) is 7.89. The predicted molar refractivity (Wildman–Crippen MR) is 111 cm³/mol. The van der Waals surface area contributed by atoms with Crippen molar-refractivity contribution >= 4 is 28.9 Å². The Bertz CT molecular complexity index is 856. The van der Waals surface area contributed by atoms with Gasteiger partial charge in [0.15, 0.2) is 0 Å². The van der Waals surface area contributed by atoms with Crippen LogP contribution in [0.1, 0.15) is 31.6 Å². The maximum Gasteiger partial charge on any atom is 0.246 e. The number of carbonyl (C=O) groups excluding carboxylic acids is 2. The Morgan fingerprint density at radius 1 is 1.14 bits per heavy atom. The SMILES string of the molecule is CCNC(=O)CN1CCCN(C(=O)C=Cc2c(CC)oc3ccccc23)CC1. The van der Waals surface area contributed by atoms with Gasteiger partial charge in [-0.25, -0.2) is 0 Å². The summed E-state index contributed by atoms with van der Waals surface area (Å²) in [5.41, 5.74) is 1.83. The molecule has 28 heavy (non-hydrogen) atoms. The number of nitrogens with one attached hydrogen (secondary N) is 1. The lowest BCUT2D eigenvalue weighted by Gasteiger charge is -2.20. The van der Waals surface area contributed by atoms with Gasteiger partial charge in [0, 0.05) is 56.2 Å². The summed E-state index contributed by atoms with van der Waals surface area (Å²) in [5, 5.41) is 3.86. The van der Waals surface area contributed by atoms with Crippen molar-refractivity contribution in [2.75, 3.05) is 39.3 Å². The van der Waals surface area contributed by atoms with Crippen molar-refractivity contribution in [1.82, 2.24) is 15.1 Å². The molecule has 3 rings (SSSR count). The highest BCUT2D eigenvalue weighted by atomic mass is 16.3. The summed E-state index contributed by atoms with van der Waals surface area (Å²) in [4.78, 5) is 28.5. The fourth-order valence-electron chi connectivity index (χ4n) is 3.63. The highest BCUT2D eigenvalue weighted by Gasteiger charge is 2.19. The number of fused-ring (bicyclic) bond motifs is 1. The van der Waals surface area contributed by atoms with Gasteiger partial charge in [0.1, 0.15) is 11.3 Å². The fraction of sp³-hybridized carbons (Fsp3) is 0.455. The second kappa shape index (κ2) is 9.55. The highest BCUT2D eigenvalue weighted by molar-refractivity contribution is 5.96. The number of para-hydroxylation sites is 1. The maximum absolute atomic E-state index is 12.7. The van der Waals surface area contributed by atoms with E-state index in [4.69, 9.17) is 4.42 Å². The van der Waals surface area contributed by atoms with E-state index in [2.05, 4.69) is 17.1 Å². The van der Waals surface area contributed by atoms with E-state index in [1.807, 2.05) is 42.2 Å². The van der Waals surface area contributed by atoms with Gasteiger partial charge in [0.05, 0.1) is 6.54 Å². The lowest BCUT2D eigenvalue weighted by Crippen LogP contribution is -2.39. The number of hydrogen-bond acceptors (Lipinski definition) is 4. The Kier molecular flexibility index (Phi) is 6.87. The van der Waals surface area contributed by atoms with Crippen LogP contribution in [0, 0.1) is 0 Å². The Balaban J connectivity index is 1.64. The zero-order chi connectivity index (χ0) is 19.9. The monoisotopic (exact) mass is 383 g/mol. The quantitative estimate of drug-likeness (QED) is 0.779. The molecule has 1 saturated heterocycles. The largest absolute Gasteiger partial charge is 0.460 e. The Morgan fingerprint density at radius 3 is 2.75 bits per heavy atom. The van der Waals surface area contributed by atoms with Gasteiger partial charge in [0.25, 0.3) is 0 Å². The fourth-order valence-corrected chi connectivity index (χ4v) is 3.63. The first-order chi connectivity index (χ1) is 13.6. The van der Waals surface area contributed by atoms with Crippen LogP contribution in [-0.2, 0) is 16.0 Å². The minimum Gasteiger partial charge on any atom is -0.460 e. The molecule has 2 aromatic rings. The van der Waals surface area contributed by atoms with Crippen molar-refractivity contribution in [2.45, 2.75) is 26.7 Å². The van der Waals surface area contributed by atoms with E-state index in [-0.39, 0.29) is 11.8 Å². The smallest absolute Gasteiger partial charge is 0.246 e. The Hall–Kier alpha value is -2.60. The number of hydrogen-bond donors (Lipinski definition) is 1. The molecule has 6 nitrogen and oxygen atoms in total. The zero-order valence-electron chi connectivity index (χ0n) is 16.7. The van der Waals surface area contributed by atoms with Crippen LogP contribution < -0.4 is 5.32 Å². The number of nitrogens with zero attached hydrogens (tertiary/aromatic N) is 2. The van der Waals surface area contributed by atoms with Crippen LogP contribution in [0.2, 0.25) is 0 Å². The van der Waals surface area contributed by atoms with Gasteiger partial charge in [-0.2, -0.15) is 0 Å². The van der Waals surface area contributed by atoms with Gasteiger partial charge in [-0.15, -0.1) is 0 Å². The summed E-state index contributed by atoms with van der Waals surface area (Å²) in [6.07, 6.45) is 5.18. The zero-order valence-corrected chi connectivity index (χ0v) is 16.7. The van der Waals surface area contributed by atoms with Gasteiger partial charge < -0.3 is 14.6 Å². The van der Waals surface area contributed by atoms with Crippen LogP contribution in [-0.4, -0.2) is 60.9 Å². The highest BCUT2D eigenvalue weighted by Crippen LogP contribution is 2.27. The molecule has 2 heterocycles. The minimum absolute atomic E-state index is 0.00666. The first kappa shape index (κ1) is 20.1. The van der Waals surface area contributed by atoms with Gasteiger partial charge in [0.2, 0.25) is 11.8 Å². The molecule has 0 spiro atoms. The molecular formula is C22H29N3O3. The number of likely N-dealkylation sites (N-methyl/N-ethyl adjacent to an activating group) is 1. The number of carbonyl (C=O) groups is 2. The van der Waals surface area contributed by atoms with Gasteiger partial charge in [-0.05, 0) is 25.5 Å². The van der Waals surface area contributed by atoms with E-state index in [0.29, 0.717) is 32.7 Å². The van der Waals surface area contributed by atoms with E-state index in [0.717, 1.165) is 41.7 Å². The lowest BCUT2D eigenvalue weighted by molar-refractivity contribution is -0.125. The molecule has 0 aliphatic carbocycles. The first-order valence-corrected chi connectivity index (χ1v) is 10.1. The number of aryl methyl sites for hydroxylation is 1. The molecule has 1 fully saturated rings. The first-order valence-electron chi connectivity index (χ1n) is 10.1. The van der Waals surface area contributed by atoms with E-state index in [1.165, 1.54) is 0 Å². The molecule has 0 unspecified atom stereocenters. The van der Waals surface area contributed by atoms with Crippen molar-refractivity contribution in [3.63, 3.8) is 0 Å². The normalized spacial score (nSPS) is 15.9. The second-order valence-electron chi connectivity index (χ2n) is 7.03. The molecule has 6 heteroatoms. The van der Waals surface area contributed by atoms with Crippen molar-refractivity contribution in [1.29, 1.82) is 0 Å². The average Bonchev–Trinajstić information content (AvgIpc) is 2.89. The van der Waals surface area contributed by atoms with E-state index >= 15 is 0 Å². The number of furan rings is 1. The lowest BCUT2D eigenvalue weighted by atomic mass is 10.1. The standard InChI is InChI=1S/C22H29N3O3/c1-3-19-18(17-8-5-6-9-20(17)28-19)10-11-22(27)25-13-7-12-24(14-15-25)16-21(26)23-4-2/h5-6,8-11H,3-4,7,12-16H2,1-2H3,(H,23,26). The molecule has 0 atom stereocenters. The molecular weight excluding hydrogens is 354 g/mol. The van der Waals surface area contributed by atoms with Crippen LogP contribution in [0.15, 0.2) is 34.8 Å². The summed E-state index contributed by atoms with van der Waals surface area (Å²) < 4.78 is 5.90. The number of benzene rings is 1. The predicted octanol–water partition coefficient (Wildman–Crippen LogP) is 2.68. The van der Waals surface area contributed by atoms with E-state index < -0.39 is 0 Å². The third-order valence-corrected chi connectivity index (χ3v) is 5.07. The Labute approximate surface area is 166 Å². The third kappa shape index (κ3) is 4.81. The van der Waals surface area contributed by atoms with Crippen LogP contribution in [0.25, 0.3) is 17.0 Å². The molecule has 150 valence electrons. The topological polar surface area (TPSA) is 65.8 Å². The molecule has 1 aromatic heterocycles. The van der Waals surface area contributed by atoms with Crippen molar-refractivity contribution in [2.24, 2.45) is 0 Å². The van der Waals surface area contributed by atoms with Crippen LogP contribution >= 0.6 is 0 Å². The van der Waals surface area contributed by atoms with Gasteiger partial charge in [-0.1, -0.05) is 25.1 Å². The van der Waals surface area contributed by atoms with E-state index in [1.54, 1.807) is 6.08 Å². The average molecular weight is 383 g/mol. The summed E-state index contributed by atoms with van der Waals surface area (Å²) >= 11 is 0. The summed E-state index contributed by atoms with van der Waals surface area (Å²) in [6, 6.07) is 7.90. The molecule has 0 bridgehead atoms. The van der Waals surface area contributed by atoms with Crippen LogP contribution in [0.5, 0.6) is 0 Å². The molecule has 1 aliphatic rings.